The van der Waals surface area contributed by atoms with Crippen molar-refractivity contribution in [3.8, 4) is 0 Å². The van der Waals surface area contributed by atoms with E-state index >= 15 is 0 Å². The number of nitrogens with one attached hydrogen (secondary N) is 1. The van der Waals surface area contributed by atoms with E-state index in [0.717, 1.165) is 16.6 Å². The van der Waals surface area contributed by atoms with Crippen LogP contribution >= 0.6 is 15.9 Å². The van der Waals surface area contributed by atoms with Gasteiger partial charge in [-0.25, -0.2) is 0 Å². The second kappa shape index (κ2) is 5.81. The number of hydrazone groups is 1. The van der Waals surface area contributed by atoms with Crippen LogP contribution in [-0.2, 0) is 0 Å². The highest BCUT2D eigenvalue weighted by Gasteiger charge is 2.39. The van der Waals surface area contributed by atoms with Crippen LogP contribution in [0.2, 0.25) is 0 Å². The molecule has 5 unspecified atom stereocenters. The normalized spacial score (nSPS) is 38.6. The van der Waals surface area contributed by atoms with Crippen LogP contribution in [0, 0.1) is 17.8 Å². The lowest BCUT2D eigenvalue weighted by atomic mass is 9.74. The van der Waals surface area contributed by atoms with Crippen LogP contribution in [0.5, 0.6) is 0 Å². The summed E-state index contributed by atoms with van der Waals surface area (Å²) in [6, 6.07) is 0.236. The Morgan fingerprint density at radius 1 is 1.33 bits per heavy atom. The molecule has 3 aliphatic rings. The molecule has 3 N–H and O–H groups in total. The molecular weight excluding hydrogens is 332 g/mol. The van der Waals surface area contributed by atoms with Gasteiger partial charge >= 0.3 is 0 Å². The summed E-state index contributed by atoms with van der Waals surface area (Å²) >= 11 is 3.49. The Balaban J connectivity index is 1.82. The first kappa shape index (κ1) is 14.6. The number of nitrogens with zero attached hydrogens (tertiary/aromatic N) is 1. The first-order chi connectivity index (χ1) is 10.1. The van der Waals surface area contributed by atoms with Crippen molar-refractivity contribution < 1.29 is 10.2 Å². The van der Waals surface area contributed by atoms with Crippen molar-refractivity contribution in [3.63, 3.8) is 0 Å². The zero-order valence-corrected chi connectivity index (χ0v) is 13.4. The fourth-order valence-electron chi connectivity index (χ4n) is 3.28. The average molecular weight is 351 g/mol. The zero-order valence-electron chi connectivity index (χ0n) is 11.8. The van der Waals surface area contributed by atoms with Crippen molar-refractivity contribution in [1.29, 1.82) is 0 Å². The lowest BCUT2D eigenvalue weighted by molar-refractivity contribution is 0.193. The first-order valence-electron chi connectivity index (χ1n) is 7.20. The smallest absolute Gasteiger partial charge is 0.113 e. The van der Waals surface area contributed by atoms with Crippen LogP contribution in [-0.4, -0.2) is 28.1 Å². The van der Waals surface area contributed by atoms with Gasteiger partial charge in [0.1, 0.15) is 5.76 Å². The topological polar surface area (TPSA) is 64.9 Å². The zero-order chi connectivity index (χ0) is 15.0. The number of rotatable bonds is 2. The minimum Gasteiger partial charge on any atom is -0.508 e. The van der Waals surface area contributed by atoms with Crippen LogP contribution in [0.3, 0.4) is 0 Å². The molecule has 0 spiro atoms. The standard InChI is InChI=1S/C16H19BrN2O2/c1-9-15(10-2-4-11(17)5-3-10)16(19-18-9)13-7-6-12(20)8-14(13)21/h2,4-10,13-15,18,20-21H,3H2,1H3. The van der Waals surface area contributed by atoms with Gasteiger partial charge in [0.25, 0.3) is 0 Å². The minimum absolute atomic E-state index is 0.110. The maximum absolute atomic E-state index is 10.2. The van der Waals surface area contributed by atoms with Gasteiger partial charge in [-0.15, -0.1) is 0 Å². The largest absolute Gasteiger partial charge is 0.508 e. The van der Waals surface area contributed by atoms with E-state index in [0.29, 0.717) is 5.92 Å². The molecule has 112 valence electrons. The second-order valence-electron chi connectivity index (χ2n) is 5.79. The Hall–Kier alpha value is -1.33. The Morgan fingerprint density at radius 3 is 2.81 bits per heavy atom. The van der Waals surface area contributed by atoms with E-state index in [2.05, 4.69) is 51.6 Å². The van der Waals surface area contributed by atoms with Crippen molar-refractivity contribution in [3.05, 3.63) is 46.7 Å². The Morgan fingerprint density at radius 2 is 2.14 bits per heavy atom. The summed E-state index contributed by atoms with van der Waals surface area (Å²) in [6.45, 7) is 2.12. The van der Waals surface area contributed by atoms with Crippen molar-refractivity contribution in [1.82, 2.24) is 5.43 Å². The number of aliphatic hydroxyl groups is 2. The molecule has 4 nitrogen and oxygen atoms in total. The fraction of sp³-hybridized carbons (Fsp3) is 0.438. The molecule has 2 aliphatic carbocycles. The average Bonchev–Trinajstić information content (AvgIpc) is 2.82. The third-order valence-corrected chi connectivity index (χ3v) is 4.94. The van der Waals surface area contributed by atoms with E-state index < -0.39 is 6.10 Å². The number of aliphatic hydroxyl groups excluding tert-OH is 2. The van der Waals surface area contributed by atoms with Gasteiger partial charge in [0.15, 0.2) is 0 Å². The summed E-state index contributed by atoms with van der Waals surface area (Å²) in [6.07, 6.45) is 11.6. The summed E-state index contributed by atoms with van der Waals surface area (Å²) in [5.74, 6) is 0.552. The summed E-state index contributed by atoms with van der Waals surface area (Å²) in [5.41, 5.74) is 4.12. The van der Waals surface area contributed by atoms with Crippen molar-refractivity contribution in [2.75, 3.05) is 0 Å². The van der Waals surface area contributed by atoms with E-state index in [1.807, 2.05) is 6.08 Å². The van der Waals surface area contributed by atoms with Gasteiger partial charge in [-0.05, 0) is 31.4 Å². The second-order valence-corrected chi connectivity index (χ2v) is 6.71. The van der Waals surface area contributed by atoms with Gasteiger partial charge in [0.2, 0.25) is 0 Å². The van der Waals surface area contributed by atoms with Gasteiger partial charge in [0.05, 0.1) is 11.8 Å². The predicted molar refractivity (Wildman–Crippen MR) is 87.1 cm³/mol. The van der Waals surface area contributed by atoms with Crippen LogP contribution < -0.4 is 5.43 Å². The number of hydrogen-bond donors (Lipinski definition) is 3. The molecule has 5 atom stereocenters. The quantitative estimate of drug-likeness (QED) is 0.717. The molecule has 0 radical (unpaired) electrons. The summed E-state index contributed by atoms with van der Waals surface area (Å²) in [5, 5.41) is 24.2. The molecule has 0 aromatic rings. The molecule has 21 heavy (non-hydrogen) atoms. The Bertz CT molecular complexity index is 577. The van der Waals surface area contributed by atoms with Crippen molar-refractivity contribution >= 4 is 21.6 Å². The van der Waals surface area contributed by atoms with E-state index in [4.69, 9.17) is 0 Å². The highest BCUT2D eigenvalue weighted by atomic mass is 79.9. The molecular formula is C16H19BrN2O2. The van der Waals surface area contributed by atoms with Crippen LogP contribution in [0.15, 0.2) is 51.8 Å². The predicted octanol–water partition coefficient (Wildman–Crippen LogP) is 2.79. The highest BCUT2D eigenvalue weighted by molar-refractivity contribution is 9.11. The molecule has 5 heteroatoms. The maximum atomic E-state index is 10.2. The molecule has 1 aliphatic heterocycles. The minimum atomic E-state index is -0.724. The van der Waals surface area contributed by atoms with E-state index in [9.17, 15) is 10.2 Å². The lowest BCUT2D eigenvalue weighted by Crippen LogP contribution is -2.38. The molecule has 0 saturated carbocycles. The van der Waals surface area contributed by atoms with E-state index in [-0.39, 0.29) is 23.6 Å². The Labute approximate surface area is 132 Å². The van der Waals surface area contributed by atoms with Crippen molar-refractivity contribution in [2.24, 2.45) is 22.9 Å². The molecule has 0 saturated heterocycles. The first-order valence-corrected chi connectivity index (χ1v) is 7.99. The number of allylic oxidation sites excluding steroid dienone is 5. The van der Waals surface area contributed by atoms with Gasteiger partial charge in [-0.1, -0.05) is 40.2 Å². The molecule has 0 amide bonds. The molecule has 0 aromatic carbocycles. The maximum Gasteiger partial charge on any atom is 0.113 e. The molecule has 0 fully saturated rings. The van der Waals surface area contributed by atoms with Crippen LogP contribution in [0.1, 0.15) is 13.3 Å². The third-order valence-electron chi connectivity index (χ3n) is 4.35. The summed E-state index contributed by atoms with van der Waals surface area (Å²) < 4.78 is 1.11. The van der Waals surface area contributed by atoms with Gasteiger partial charge < -0.3 is 15.6 Å². The summed E-state index contributed by atoms with van der Waals surface area (Å²) in [7, 11) is 0. The van der Waals surface area contributed by atoms with Crippen molar-refractivity contribution in [2.45, 2.75) is 25.5 Å². The highest BCUT2D eigenvalue weighted by Crippen LogP contribution is 2.35. The SMILES string of the molecule is CC1NN=C(C2C=CC(O)=CC2O)C1C1C=CC(Br)=CC1. The number of halogens is 1. The van der Waals surface area contributed by atoms with Crippen LogP contribution in [0.4, 0.5) is 0 Å². The monoisotopic (exact) mass is 350 g/mol. The lowest BCUT2D eigenvalue weighted by Gasteiger charge is -2.30. The molecule has 0 aromatic heterocycles. The number of hydrogen-bond acceptors (Lipinski definition) is 4. The Kier molecular flexibility index (Phi) is 4.04. The molecule has 1 heterocycles. The van der Waals surface area contributed by atoms with Gasteiger partial charge in [-0.2, -0.15) is 5.10 Å². The van der Waals surface area contributed by atoms with Crippen LogP contribution in [0.25, 0.3) is 0 Å². The van der Waals surface area contributed by atoms with Gasteiger partial charge in [-0.3, -0.25) is 0 Å². The summed E-state index contributed by atoms with van der Waals surface area (Å²) in [4.78, 5) is 0. The fourth-order valence-corrected chi connectivity index (χ4v) is 3.61. The molecule has 0 bridgehead atoms. The molecule has 3 rings (SSSR count). The third kappa shape index (κ3) is 2.85. The van der Waals surface area contributed by atoms with E-state index in [1.54, 1.807) is 6.08 Å². The van der Waals surface area contributed by atoms with E-state index in [1.165, 1.54) is 6.08 Å². The van der Waals surface area contributed by atoms with Gasteiger partial charge in [0, 0.05) is 22.4 Å².